The summed E-state index contributed by atoms with van der Waals surface area (Å²) in [6, 6.07) is 8.98. The highest BCUT2D eigenvalue weighted by Crippen LogP contribution is 2.27. The number of fused-ring (bicyclic) bond motifs is 1. The summed E-state index contributed by atoms with van der Waals surface area (Å²) in [6.45, 7) is 1.87. The van der Waals surface area contributed by atoms with Gasteiger partial charge in [0.05, 0.1) is 5.69 Å². The highest BCUT2D eigenvalue weighted by molar-refractivity contribution is 8.00. The smallest absolute Gasteiger partial charge is 0.264 e. The SMILES string of the molecule is Cc1ccc(OCC(=O)Nc2nnc(SCc3cc(=O)n4ccsc4n3)s2)cc1. The summed E-state index contributed by atoms with van der Waals surface area (Å²) in [5, 5.41) is 12.9. The number of anilines is 1. The van der Waals surface area contributed by atoms with Crippen molar-refractivity contribution in [2.24, 2.45) is 0 Å². The molecule has 148 valence electrons. The van der Waals surface area contributed by atoms with Gasteiger partial charge in [0.25, 0.3) is 11.5 Å². The molecular weight excluding hydrogens is 430 g/mol. The van der Waals surface area contributed by atoms with E-state index in [0.717, 1.165) is 5.56 Å². The summed E-state index contributed by atoms with van der Waals surface area (Å²) in [7, 11) is 0. The number of thioether (sulfide) groups is 1. The molecule has 0 aliphatic heterocycles. The molecule has 29 heavy (non-hydrogen) atoms. The van der Waals surface area contributed by atoms with Gasteiger partial charge in [-0.25, -0.2) is 4.98 Å². The minimum absolute atomic E-state index is 0.106. The third-order valence-corrected chi connectivity index (χ3v) is 6.51. The molecule has 1 aromatic carbocycles. The molecule has 3 heterocycles. The first-order valence-corrected chi connectivity index (χ1v) is 11.2. The van der Waals surface area contributed by atoms with Crippen LogP contribution < -0.4 is 15.6 Å². The molecule has 0 saturated heterocycles. The van der Waals surface area contributed by atoms with Gasteiger partial charge in [-0.3, -0.25) is 19.3 Å². The van der Waals surface area contributed by atoms with Crippen molar-refractivity contribution < 1.29 is 9.53 Å². The summed E-state index contributed by atoms with van der Waals surface area (Å²) in [4.78, 5) is 29.2. The highest BCUT2D eigenvalue weighted by Gasteiger charge is 2.11. The lowest BCUT2D eigenvalue weighted by Crippen LogP contribution is -2.20. The number of aryl methyl sites for hydroxylation is 1. The van der Waals surface area contributed by atoms with E-state index >= 15 is 0 Å². The maximum absolute atomic E-state index is 12.0. The molecule has 0 bridgehead atoms. The molecule has 0 aliphatic carbocycles. The third-order valence-electron chi connectivity index (χ3n) is 3.74. The zero-order valence-electron chi connectivity index (χ0n) is 15.2. The minimum Gasteiger partial charge on any atom is -0.484 e. The van der Waals surface area contributed by atoms with Crippen LogP contribution in [0.1, 0.15) is 11.3 Å². The number of amides is 1. The molecular formula is C18H15N5O3S3. The average Bonchev–Trinajstić information content (AvgIpc) is 3.35. The first kappa shape index (κ1) is 19.6. The number of carbonyl (C=O) groups excluding carboxylic acids is 1. The van der Waals surface area contributed by atoms with E-state index < -0.39 is 0 Å². The van der Waals surface area contributed by atoms with Gasteiger partial charge in [-0.15, -0.1) is 21.5 Å². The molecule has 8 nitrogen and oxygen atoms in total. The zero-order chi connectivity index (χ0) is 20.2. The second kappa shape index (κ2) is 8.72. The van der Waals surface area contributed by atoms with Crippen molar-refractivity contribution in [3.8, 4) is 5.75 Å². The average molecular weight is 446 g/mol. The summed E-state index contributed by atoms with van der Waals surface area (Å²) < 4.78 is 7.63. The molecule has 4 rings (SSSR count). The van der Waals surface area contributed by atoms with Gasteiger partial charge < -0.3 is 4.74 Å². The maximum atomic E-state index is 12.0. The number of hydrogen-bond donors (Lipinski definition) is 1. The van der Waals surface area contributed by atoms with Crippen LogP contribution >= 0.6 is 34.4 Å². The monoisotopic (exact) mass is 445 g/mol. The van der Waals surface area contributed by atoms with Crippen LogP contribution in [0, 0.1) is 6.92 Å². The Labute approximate surface area is 177 Å². The number of nitrogens with one attached hydrogen (secondary N) is 1. The van der Waals surface area contributed by atoms with Crippen molar-refractivity contribution in [2.45, 2.75) is 17.0 Å². The predicted octanol–water partition coefficient (Wildman–Crippen LogP) is 3.23. The van der Waals surface area contributed by atoms with Crippen molar-refractivity contribution in [3.05, 3.63) is 63.5 Å². The largest absolute Gasteiger partial charge is 0.484 e. The second-order valence-corrected chi connectivity index (χ2v) is 9.03. The van der Waals surface area contributed by atoms with Crippen LogP contribution in [-0.4, -0.2) is 32.1 Å². The summed E-state index contributed by atoms with van der Waals surface area (Å²) in [5.74, 6) is 0.810. The van der Waals surface area contributed by atoms with E-state index in [0.29, 0.717) is 31.6 Å². The van der Waals surface area contributed by atoms with Crippen LogP contribution in [0.2, 0.25) is 0 Å². The second-order valence-electron chi connectivity index (χ2n) is 5.95. The number of carbonyl (C=O) groups is 1. The van der Waals surface area contributed by atoms with Crippen molar-refractivity contribution in [3.63, 3.8) is 0 Å². The molecule has 3 aromatic heterocycles. The molecule has 1 amide bonds. The molecule has 0 radical (unpaired) electrons. The van der Waals surface area contributed by atoms with Gasteiger partial charge >= 0.3 is 0 Å². The Balaban J connectivity index is 1.30. The maximum Gasteiger partial charge on any atom is 0.264 e. The molecule has 1 N–H and O–H groups in total. The van der Waals surface area contributed by atoms with Crippen molar-refractivity contribution in [1.29, 1.82) is 0 Å². The number of rotatable bonds is 7. The van der Waals surface area contributed by atoms with Crippen LogP contribution in [0.3, 0.4) is 0 Å². The first-order valence-electron chi connectivity index (χ1n) is 8.48. The van der Waals surface area contributed by atoms with Crippen LogP contribution in [0.5, 0.6) is 5.75 Å². The Morgan fingerprint density at radius 1 is 1.28 bits per heavy atom. The van der Waals surface area contributed by atoms with E-state index in [2.05, 4.69) is 20.5 Å². The quantitative estimate of drug-likeness (QED) is 0.344. The fourth-order valence-corrected chi connectivity index (χ4v) is 4.75. The molecule has 0 atom stereocenters. The van der Waals surface area contributed by atoms with Crippen molar-refractivity contribution in [1.82, 2.24) is 19.6 Å². The lowest BCUT2D eigenvalue weighted by atomic mass is 10.2. The molecule has 0 spiro atoms. The number of benzene rings is 1. The number of aromatic nitrogens is 4. The fourth-order valence-electron chi connectivity index (χ4n) is 2.35. The van der Waals surface area contributed by atoms with Crippen LogP contribution in [0.15, 0.2) is 51.0 Å². The fraction of sp³-hybridized carbons (Fsp3) is 0.167. The number of nitrogens with zero attached hydrogens (tertiary/aromatic N) is 4. The van der Waals surface area contributed by atoms with E-state index in [1.54, 1.807) is 6.20 Å². The minimum atomic E-state index is -0.309. The van der Waals surface area contributed by atoms with E-state index in [-0.39, 0.29) is 18.1 Å². The van der Waals surface area contributed by atoms with E-state index in [4.69, 9.17) is 4.74 Å². The summed E-state index contributed by atoms with van der Waals surface area (Å²) in [5.41, 5.74) is 1.69. The van der Waals surface area contributed by atoms with Gasteiger partial charge in [-0.05, 0) is 19.1 Å². The van der Waals surface area contributed by atoms with E-state index in [1.807, 2.05) is 36.6 Å². The van der Waals surface area contributed by atoms with Crippen LogP contribution in [-0.2, 0) is 10.5 Å². The Morgan fingerprint density at radius 2 is 2.10 bits per heavy atom. The van der Waals surface area contributed by atoms with Crippen molar-refractivity contribution in [2.75, 3.05) is 11.9 Å². The lowest BCUT2D eigenvalue weighted by Gasteiger charge is -2.05. The van der Waals surface area contributed by atoms with Crippen LogP contribution in [0.25, 0.3) is 4.96 Å². The first-order chi connectivity index (χ1) is 14.1. The Morgan fingerprint density at radius 3 is 2.93 bits per heavy atom. The normalized spacial score (nSPS) is 10.9. The Hall–Kier alpha value is -2.76. The molecule has 0 aliphatic rings. The third kappa shape index (κ3) is 5.00. The number of hydrogen-bond acceptors (Lipinski definition) is 9. The lowest BCUT2D eigenvalue weighted by molar-refractivity contribution is -0.118. The van der Waals surface area contributed by atoms with Gasteiger partial charge in [0.15, 0.2) is 15.9 Å². The van der Waals surface area contributed by atoms with Gasteiger partial charge in [-0.2, -0.15) is 0 Å². The molecule has 0 unspecified atom stereocenters. The van der Waals surface area contributed by atoms with Gasteiger partial charge in [-0.1, -0.05) is 40.8 Å². The highest BCUT2D eigenvalue weighted by atomic mass is 32.2. The van der Waals surface area contributed by atoms with Gasteiger partial charge in [0.2, 0.25) is 5.13 Å². The standard InChI is InChI=1S/C18H15N5O3S3/c1-11-2-4-13(5-3-11)26-9-14(24)20-16-21-22-18(29-16)28-10-12-8-15(25)23-6-7-27-17(23)19-12/h2-8H,9-10H2,1H3,(H,20,21,24). The molecule has 0 saturated carbocycles. The van der Waals surface area contributed by atoms with E-state index in [9.17, 15) is 9.59 Å². The topological polar surface area (TPSA) is 98.5 Å². The number of thiazole rings is 1. The van der Waals surface area contributed by atoms with Gasteiger partial charge in [0, 0.05) is 23.4 Å². The van der Waals surface area contributed by atoms with Crippen molar-refractivity contribution >= 4 is 50.4 Å². The van der Waals surface area contributed by atoms with E-state index in [1.165, 1.54) is 44.9 Å². The summed E-state index contributed by atoms with van der Waals surface area (Å²) in [6.07, 6.45) is 1.70. The van der Waals surface area contributed by atoms with Crippen LogP contribution in [0.4, 0.5) is 5.13 Å². The molecule has 4 aromatic rings. The molecule has 0 fully saturated rings. The molecule has 11 heteroatoms. The summed E-state index contributed by atoms with van der Waals surface area (Å²) >= 11 is 4.08. The Kier molecular flexibility index (Phi) is 5.88. The number of ether oxygens (including phenoxy) is 1. The zero-order valence-corrected chi connectivity index (χ0v) is 17.6. The predicted molar refractivity (Wildman–Crippen MR) is 114 cm³/mol. The van der Waals surface area contributed by atoms with Gasteiger partial charge in [0.1, 0.15) is 5.75 Å². The Bertz CT molecular complexity index is 1200.